The standard InChI is InChI=1S/C13H20N2O4/c1-4-10(7-16)11(17)5-9(3)15-6-8(2)12(18)14-13(15)19/h4,6,9-11,16-17H,1,5,7H2,2-3H3,(H,14,18,19). The number of rotatable bonds is 6. The van der Waals surface area contributed by atoms with Gasteiger partial charge >= 0.3 is 5.69 Å². The summed E-state index contributed by atoms with van der Waals surface area (Å²) < 4.78 is 1.37. The van der Waals surface area contributed by atoms with Crippen molar-refractivity contribution in [3.8, 4) is 0 Å². The van der Waals surface area contributed by atoms with E-state index in [1.807, 2.05) is 0 Å². The summed E-state index contributed by atoms with van der Waals surface area (Å²) in [6.07, 6.45) is 2.44. The zero-order valence-electron chi connectivity index (χ0n) is 11.2. The molecule has 0 aliphatic heterocycles. The van der Waals surface area contributed by atoms with Crippen molar-refractivity contribution in [2.24, 2.45) is 5.92 Å². The Hall–Kier alpha value is -1.66. The van der Waals surface area contributed by atoms with Crippen molar-refractivity contribution in [3.63, 3.8) is 0 Å². The quantitative estimate of drug-likeness (QED) is 0.630. The molecule has 0 fully saturated rings. The Morgan fingerprint density at radius 3 is 2.68 bits per heavy atom. The Morgan fingerprint density at radius 2 is 2.16 bits per heavy atom. The largest absolute Gasteiger partial charge is 0.396 e. The van der Waals surface area contributed by atoms with Crippen LogP contribution in [0.15, 0.2) is 28.4 Å². The van der Waals surface area contributed by atoms with Crippen molar-refractivity contribution >= 4 is 0 Å². The number of aromatic amines is 1. The van der Waals surface area contributed by atoms with Gasteiger partial charge in [-0.3, -0.25) is 14.3 Å². The average Bonchev–Trinajstić information content (AvgIpc) is 2.35. The monoisotopic (exact) mass is 268 g/mol. The molecule has 19 heavy (non-hydrogen) atoms. The lowest BCUT2D eigenvalue weighted by molar-refractivity contribution is 0.0735. The molecule has 1 aromatic rings. The molecule has 0 radical (unpaired) electrons. The first-order chi connectivity index (χ1) is 8.90. The van der Waals surface area contributed by atoms with E-state index in [1.165, 1.54) is 16.8 Å². The number of aromatic nitrogens is 2. The van der Waals surface area contributed by atoms with E-state index in [-0.39, 0.29) is 19.1 Å². The van der Waals surface area contributed by atoms with Crippen LogP contribution in [0.5, 0.6) is 0 Å². The number of aliphatic hydroxyl groups is 2. The maximum Gasteiger partial charge on any atom is 0.328 e. The van der Waals surface area contributed by atoms with E-state index in [0.717, 1.165) is 0 Å². The molecule has 0 amide bonds. The summed E-state index contributed by atoms with van der Waals surface area (Å²) in [5.74, 6) is -0.429. The van der Waals surface area contributed by atoms with Gasteiger partial charge in [-0.15, -0.1) is 6.58 Å². The molecule has 0 spiro atoms. The molecule has 0 saturated heterocycles. The van der Waals surface area contributed by atoms with E-state index in [0.29, 0.717) is 5.56 Å². The fourth-order valence-corrected chi connectivity index (χ4v) is 1.90. The summed E-state index contributed by atoms with van der Waals surface area (Å²) in [7, 11) is 0. The van der Waals surface area contributed by atoms with Crippen molar-refractivity contribution in [1.82, 2.24) is 9.55 Å². The highest BCUT2D eigenvalue weighted by atomic mass is 16.3. The smallest absolute Gasteiger partial charge is 0.328 e. The third kappa shape index (κ3) is 3.65. The molecule has 0 aromatic carbocycles. The van der Waals surface area contributed by atoms with Gasteiger partial charge in [0.25, 0.3) is 5.56 Å². The molecule has 3 atom stereocenters. The Balaban J connectivity index is 2.92. The Kier molecular flexibility index (Phi) is 5.26. The molecule has 6 nitrogen and oxygen atoms in total. The number of aliphatic hydroxyl groups excluding tert-OH is 2. The molecule has 0 aliphatic carbocycles. The summed E-state index contributed by atoms with van der Waals surface area (Å²) in [5, 5.41) is 19.0. The first-order valence-electron chi connectivity index (χ1n) is 6.14. The molecule has 0 saturated carbocycles. The lowest BCUT2D eigenvalue weighted by atomic mass is 9.97. The van der Waals surface area contributed by atoms with E-state index in [1.54, 1.807) is 13.8 Å². The van der Waals surface area contributed by atoms with Gasteiger partial charge in [0, 0.05) is 23.7 Å². The topological polar surface area (TPSA) is 95.3 Å². The second-order valence-corrected chi connectivity index (χ2v) is 4.71. The van der Waals surface area contributed by atoms with Crippen LogP contribution < -0.4 is 11.2 Å². The highest BCUT2D eigenvalue weighted by Gasteiger charge is 2.19. The summed E-state index contributed by atoms with van der Waals surface area (Å²) in [6, 6.07) is -0.299. The predicted molar refractivity (Wildman–Crippen MR) is 72.2 cm³/mol. The van der Waals surface area contributed by atoms with Gasteiger partial charge in [-0.25, -0.2) is 4.79 Å². The summed E-state index contributed by atoms with van der Waals surface area (Å²) >= 11 is 0. The zero-order chi connectivity index (χ0) is 14.6. The first kappa shape index (κ1) is 15.4. The van der Waals surface area contributed by atoms with Gasteiger partial charge < -0.3 is 10.2 Å². The minimum absolute atomic E-state index is 0.197. The van der Waals surface area contributed by atoms with E-state index >= 15 is 0 Å². The maximum absolute atomic E-state index is 11.7. The summed E-state index contributed by atoms with van der Waals surface area (Å²) in [6.45, 7) is 6.72. The van der Waals surface area contributed by atoms with Gasteiger partial charge in [0.1, 0.15) is 0 Å². The average molecular weight is 268 g/mol. The first-order valence-corrected chi connectivity index (χ1v) is 6.14. The fraction of sp³-hybridized carbons (Fsp3) is 0.538. The van der Waals surface area contributed by atoms with Crippen molar-refractivity contribution in [3.05, 3.63) is 45.3 Å². The van der Waals surface area contributed by atoms with E-state index in [2.05, 4.69) is 11.6 Å². The van der Waals surface area contributed by atoms with E-state index in [9.17, 15) is 14.7 Å². The zero-order valence-corrected chi connectivity index (χ0v) is 11.2. The number of nitrogens with one attached hydrogen (secondary N) is 1. The van der Waals surface area contributed by atoms with Gasteiger partial charge in [-0.2, -0.15) is 0 Å². The number of hydrogen-bond donors (Lipinski definition) is 3. The number of hydrogen-bond acceptors (Lipinski definition) is 4. The predicted octanol–water partition coefficient (Wildman–Crippen LogP) is -0.0485. The van der Waals surface area contributed by atoms with E-state index < -0.39 is 23.3 Å². The fourth-order valence-electron chi connectivity index (χ4n) is 1.90. The molecule has 3 N–H and O–H groups in total. The maximum atomic E-state index is 11.7. The van der Waals surface area contributed by atoms with Crippen LogP contribution in [0.1, 0.15) is 24.9 Å². The van der Waals surface area contributed by atoms with Crippen molar-refractivity contribution < 1.29 is 10.2 Å². The highest BCUT2D eigenvalue weighted by Crippen LogP contribution is 2.17. The normalized spacial score (nSPS) is 15.8. The molecule has 6 heteroatoms. The molecule has 3 unspecified atom stereocenters. The van der Waals surface area contributed by atoms with Crippen LogP contribution in [-0.4, -0.2) is 32.5 Å². The van der Waals surface area contributed by atoms with Crippen molar-refractivity contribution in [2.75, 3.05) is 6.61 Å². The van der Waals surface area contributed by atoms with Crippen LogP contribution in [0.3, 0.4) is 0 Å². The second kappa shape index (κ2) is 6.49. The molecule has 1 heterocycles. The number of H-pyrrole nitrogens is 1. The molecule has 0 bridgehead atoms. The Morgan fingerprint density at radius 1 is 1.53 bits per heavy atom. The Bertz CT molecular complexity index is 546. The van der Waals surface area contributed by atoms with Crippen LogP contribution in [0, 0.1) is 12.8 Å². The van der Waals surface area contributed by atoms with Crippen LogP contribution in [0.2, 0.25) is 0 Å². The van der Waals surface area contributed by atoms with Crippen LogP contribution >= 0.6 is 0 Å². The van der Waals surface area contributed by atoms with Gasteiger partial charge in [-0.1, -0.05) is 6.08 Å². The second-order valence-electron chi connectivity index (χ2n) is 4.71. The molecular formula is C13H20N2O4. The van der Waals surface area contributed by atoms with Gasteiger partial charge in [0.05, 0.1) is 12.7 Å². The van der Waals surface area contributed by atoms with Crippen molar-refractivity contribution in [2.45, 2.75) is 32.4 Å². The Labute approximate surface area is 111 Å². The van der Waals surface area contributed by atoms with Crippen LogP contribution in [-0.2, 0) is 0 Å². The van der Waals surface area contributed by atoms with Crippen LogP contribution in [0.25, 0.3) is 0 Å². The third-order valence-corrected chi connectivity index (χ3v) is 3.21. The highest BCUT2D eigenvalue weighted by molar-refractivity contribution is 5.01. The molecular weight excluding hydrogens is 248 g/mol. The minimum Gasteiger partial charge on any atom is -0.396 e. The van der Waals surface area contributed by atoms with Gasteiger partial charge in [0.15, 0.2) is 0 Å². The van der Waals surface area contributed by atoms with Crippen LogP contribution in [0.4, 0.5) is 0 Å². The van der Waals surface area contributed by atoms with Gasteiger partial charge in [0.2, 0.25) is 0 Å². The third-order valence-electron chi connectivity index (χ3n) is 3.21. The summed E-state index contributed by atoms with van der Waals surface area (Å²) in [5.41, 5.74) is -0.480. The molecule has 0 aliphatic rings. The lowest BCUT2D eigenvalue weighted by Crippen LogP contribution is -2.34. The van der Waals surface area contributed by atoms with E-state index in [4.69, 9.17) is 5.11 Å². The number of nitrogens with zero attached hydrogens (tertiary/aromatic N) is 1. The van der Waals surface area contributed by atoms with Gasteiger partial charge in [-0.05, 0) is 20.3 Å². The van der Waals surface area contributed by atoms with Crippen molar-refractivity contribution in [1.29, 1.82) is 0 Å². The molecule has 1 rings (SSSR count). The summed E-state index contributed by atoms with van der Waals surface area (Å²) in [4.78, 5) is 25.2. The minimum atomic E-state index is -0.795. The molecule has 106 valence electrons. The SMILES string of the molecule is C=CC(CO)C(O)CC(C)n1cc(C)c(=O)[nH]c1=O. The number of aryl methyl sites for hydroxylation is 1. The lowest BCUT2D eigenvalue weighted by Gasteiger charge is -2.22. The molecule has 1 aromatic heterocycles.